The van der Waals surface area contributed by atoms with Gasteiger partial charge >= 0.3 is 5.97 Å². The molecule has 0 saturated carbocycles. The van der Waals surface area contributed by atoms with Crippen molar-refractivity contribution in [3.63, 3.8) is 0 Å². The van der Waals surface area contributed by atoms with E-state index in [1.165, 1.54) is 6.33 Å². The zero-order chi connectivity index (χ0) is 13.2. The summed E-state index contributed by atoms with van der Waals surface area (Å²) in [5.41, 5.74) is 0.0814. The molecule has 1 aliphatic heterocycles. The van der Waals surface area contributed by atoms with Gasteiger partial charge in [-0.1, -0.05) is 13.3 Å². The number of aromatic nitrogens is 2. The van der Waals surface area contributed by atoms with E-state index in [-0.39, 0.29) is 0 Å². The van der Waals surface area contributed by atoms with Crippen molar-refractivity contribution in [3.05, 3.63) is 18.1 Å². The highest BCUT2D eigenvalue weighted by Gasteiger charge is 2.47. The highest BCUT2D eigenvalue weighted by atomic mass is 16.4. The van der Waals surface area contributed by atoms with Crippen LogP contribution in [-0.2, 0) is 4.79 Å². The lowest BCUT2D eigenvalue weighted by molar-refractivity contribution is -0.143. The summed E-state index contributed by atoms with van der Waals surface area (Å²) in [4.78, 5) is 21.9. The number of rotatable bonds is 4. The lowest BCUT2D eigenvalue weighted by Gasteiger charge is -2.35. The Morgan fingerprint density at radius 3 is 2.94 bits per heavy atom. The van der Waals surface area contributed by atoms with Crippen molar-refractivity contribution in [3.8, 4) is 0 Å². The number of aliphatic carboxylic acids is 1. The van der Waals surface area contributed by atoms with E-state index in [2.05, 4.69) is 9.97 Å². The summed E-state index contributed by atoms with van der Waals surface area (Å²) in [6.07, 6.45) is 4.61. The second-order valence-corrected chi connectivity index (χ2v) is 4.86. The first-order valence-corrected chi connectivity index (χ1v) is 6.40. The lowest BCUT2D eigenvalue weighted by Crippen LogP contribution is -2.51. The van der Waals surface area contributed by atoms with Gasteiger partial charge in [-0.2, -0.15) is 0 Å². The predicted octanol–water partition coefficient (Wildman–Crippen LogP) is 2.01. The largest absolute Gasteiger partial charge is 0.479 e. The van der Waals surface area contributed by atoms with E-state index in [9.17, 15) is 9.90 Å². The average molecular weight is 249 g/mol. The van der Waals surface area contributed by atoms with Crippen LogP contribution < -0.4 is 4.90 Å². The molecule has 0 aliphatic carbocycles. The average Bonchev–Trinajstić information content (AvgIpc) is 2.74. The van der Waals surface area contributed by atoms with Crippen LogP contribution in [0.15, 0.2) is 12.4 Å². The number of aryl methyl sites for hydroxylation is 1. The fourth-order valence-electron chi connectivity index (χ4n) is 2.80. The van der Waals surface area contributed by atoms with E-state index in [1.54, 1.807) is 0 Å². The van der Waals surface area contributed by atoms with Crippen molar-refractivity contribution in [2.75, 3.05) is 11.4 Å². The number of hydrogen-bond donors (Lipinski definition) is 1. The van der Waals surface area contributed by atoms with Crippen LogP contribution in [0.25, 0.3) is 0 Å². The van der Waals surface area contributed by atoms with E-state index in [0.29, 0.717) is 12.8 Å². The molecule has 2 heterocycles. The third kappa shape index (κ3) is 2.05. The molecule has 0 aromatic carbocycles. The smallest absolute Gasteiger partial charge is 0.329 e. The maximum atomic E-state index is 11.7. The van der Waals surface area contributed by atoms with E-state index >= 15 is 0 Å². The van der Waals surface area contributed by atoms with E-state index < -0.39 is 11.5 Å². The van der Waals surface area contributed by atoms with E-state index in [4.69, 9.17) is 0 Å². The van der Waals surface area contributed by atoms with Gasteiger partial charge in [0.15, 0.2) is 0 Å². The highest BCUT2D eigenvalue weighted by molar-refractivity contribution is 5.84. The van der Waals surface area contributed by atoms with Crippen LogP contribution in [0.3, 0.4) is 0 Å². The van der Waals surface area contributed by atoms with Gasteiger partial charge in [0.05, 0.1) is 0 Å². The van der Waals surface area contributed by atoms with Gasteiger partial charge in [0, 0.05) is 18.3 Å². The molecule has 1 fully saturated rings. The molecule has 0 bridgehead atoms. The fourth-order valence-corrected chi connectivity index (χ4v) is 2.80. The van der Waals surface area contributed by atoms with Crippen molar-refractivity contribution < 1.29 is 9.90 Å². The molecule has 2 rings (SSSR count). The van der Waals surface area contributed by atoms with Crippen molar-refractivity contribution in [2.24, 2.45) is 0 Å². The van der Waals surface area contributed by atoms with Gasteiger partial charge in [-0.3, -0.25) is 0 Å². The fraction of sp³-hybridized carbons (Fsp3) is 0.615. The maximum absolute atomic E-state index is 11.7. The molecule has 1 atom stereocenters. The quantitative estimate of drug-likeness (QED) is 0.884. The van der Waals surface area contributed by atoms with Crippen LogP contribution in [0.5, 0.6) is 0 Å². The predicted molar refractivity (Wildman–Crippen MR) is 68.6 cm³/mol. The second-order valence-electron chi connectivity index (χ2n) is 4.86. The molecule has 5 heteroatoms. The van der Waals surface area contributed by atoms with Gasteiger partial charge in [0.2, 0.25) is 0 Å². The van der Waals surface area contributed by atoms with Gasteiger partial charge in [0.1, 0.15) is 17.7 Å². The molecule has 5 nitrogen and oxygen atoms in total. The summed E-state index contributed by atoms with van der Waals surface area (Å²) in [6.45, 7) is 4.67. The maximum Gasteiger partial charge on any atom is 0.329 e. The standard InChI is InChI=1S/C13H19N3O2/c1-3-5-13(12(17)18)6-4-7-16(13)11-8-10(2)14-9-15-11/h8-9H,3-7H2,1-2H3,(H,17,18). The Labute approximate surface area is 107 Å². The molecule has 1 aliphatic rings. The summed E-state index contributed by atoms with van der Waals surface area (Å²) in [5, 5.41) is 9.61. The van der Waals surface area contributed by atoms with Crippen LogP contribution >= 0.6 is 0 Å². The third-order valence-electron chi connectivity index (χ3n) is 3.62. The first-order chi connectivity index (χ1) is 8.60. The van der Waals surface area contributed by atoms with Gasteiger partial charge in [-0.15, -0.1) is 0 Å². The van der Waals surface area contributed by atoms with Crippen molar-refractivity contribution >= 4 is 11.8 Å². The molecular weight excluding hydrogens is 230 g/mol. The Balaban J connectivity index is 2.39. The summed E-state index contributed by atoms with van der Waals surface area (Å²) in [7, 11) is 0. The number of anilines is 1. The monoisotopic (exact) mass is 249 g/mol. The summed E-state index contributed by atoms with van der Waals surface area (Å²) in [6, 6.07) is 1.86. The topological polar surface area (TPSA) is 66.3 Å². The Bertz CT molecular complexity index is 450. The van der Waals surface area contributed by atoms with Gasteiger partial charge < -0.3 is 10.0 Å². The number of carboxylic acids is 1. The first-order valence-electron chi connectivity index (χ1n) is 6.40. The minimum Gasteiger partial charge on any atom is -0.479 e. The molecule has 98 valence electrons. The summed E-state index contributed by atoms with van der Waals surface area (Å²) >= 11 is 0. The van der Waals surface area contributed by atoms with E-state index in [1.807, 2.05) is 24.8 Å². The Kier molecular flexibility index (Phi) is 3.50. The number of carboxylic acid groups (broad SMARTS) is 1. The molecular formula is C13H19N3O2. The molecule has 0 spiro atoms. The SMILES string of the molecule is CCCC1(C(=O)O)CCCN1c1cc(C)ncn1. The molecule has 1 N–H and O–H groups in total. The van der Waals surface area contributed by atoms with Crippen LogP contribution in [0.4, 0.5) is 5.82 Å². The third-order valence-corrected chi connectivity index (χ3v) is 3.62. The normalized spacial score (nSPS) is 23.3. The molecule has 1 saturated heterocycles. The second kappa shape index (κ2) is 4.92. The van der Waals surface area contributed by atoms with Gasteiger partial charge in [-0.25, -0.2) is 14.8 Å². The number of nitrogens with zero attached hydrogens (tertiary/aromatic N) is 3. The number of hydrogen-bond acceptors (Lipinski definition) is 4. The Hall–Kier alpha value is -1.65. The van der Waals surface area contributed by atoms with E-state index in [0.717, 1.165) is 30.9 Å². The lowest BCUT2D eigenvalue weighted by atomic mass is 9.90. The van der Waals surface area contributed by atoms with Crippen molar-refractivity contribution in [1.29, 1.82) is 0 Å². The summed E-state index contributed by atoms with van der Waals surface area (Å²) < 4.78 is 0. The Morgan fingerprint density at radius 2 is 2.33 bits per heavy atom. The van der Waals surface area contributed by atoms with Crippen molar-refractivity contribution in [2.45, 2.75) is 45.1 Å². The molecule has 18 heavy (non-hydrogen) atoms. The number of carbonyl (C=O) groups is 1. The molecule has 1 unspecified atom stereocenters. The zero-order valence-corrected chi connectivity index (χ0v) is 10.9. The van der Waals surface area contributed by atoms with Gasteiger partial charge in [-0.05, 0) is 26.2 Å². The van der Waals surface area contributed by atoms with Crippen LogP contribution in [0.2, 0.25) is 0 Å². The minimum atomic E-state index is -0.782. The molecule has 0 amide bonds. The highest BCUT2D eigenvalue weighted by Crippen LogP contribution is 2.37. The molecule has 1 aromatic heterocycles. The molecule has 1 aromatic rings. The molecule has 0 radical (unpaired) electrons. The van der Waals surface area contributed by atoms with Crippen molar-refractivity contribution in [1.82, 2.24) is 9.97 Å². The first kappa shape index (κ1) is 12.8. The van der Waals surface area contributed by atoms with Crippen LogP contribution in [0, 0.1) is 6.92 Å². The van der Waals surface area contributed by atoms with Crippen LogP contribution in [0.1, 0.15) is 38.3 Å². The Morgan fingerprint density at radius 1 is 1.56 bits per heavy atom. The zero-order valence-electron chi connectivity index (χ0n) is 10.9. The summed E-state index contributed by atoms with van der Waals surface area (Å²) in [5.74, 6) is -0.00559. The minimum absolute atomic E-state index is 0.658. The van der Waals surface area contributed by atoms with Gasteiger partial charge in [0.25, 0.3) is 0 Å². The van der Waals surface area contributed by atoms with Crippen LogP contribution in [-0.4, -0.2) is 33.1 Å².